The maximum atomic E-state index is 12.6. The zero-order valence-corrected chi connectivity index (χ0v) is 15.1. The van der Waals surface area contributed by atoms with Crippen molar-refractivity contribution in [1.82, 2.24) is 9.88 Å². The van der Waals surface area contributed by atoms with E-state index in [0.29, 0.717) is 5.92 Å². The van der Waals surface area contributed by atoms with Crippen molar-refractivity contribution in [3.8, 4) is 5.75 Å². The number of hydrogen-bond acceptors (Lipinski definition) is 3. The number of carbonyl (C=O) groups is 1. The summed E-state index contributed by atoms with van der Waals surface area (Å²) in [5.74, 6) is 1.34. The Balaban J connectivity index is 1.62. The van der Waals surface area contributed by atoms with E-state index in [-0.39, 0.29) is 6.03 Å². The lowest BCUT2D eigenvalue weighted by Crippen LogP contribution is -2.40. The van der Waals surface area contributed by atoms with Crippen LogP contribution in [0.1, 0.15) is 35.4 Å². The van der Waals surface area contributed by atoms with Gasteiger partial charge in [0, 0.05) is 36.7 Å². The molecule has 0 radical (unpaired) electrons. The van der Waals surface area contributed by atoms with E-state index in [1.165, 1.54) is 5.56 Å². The van der Waals surface area contributed by atoms with Crippen LogP contribution < -0.4 is 10.1 Å². The summed E-state index contributed by atoms with van der Waals surface area (Å²) in [6, 6.07) is 8.01. The Morgan fingerprint density at radius 2 is 1.84 bits per heavy atom. The van der Waals surface area contributed by atoms with Gasteiger partial charge in [0.2, 0.25) is 0 Å². The minimum absolute atomic E-state index is 0.0396. The molecule has 1 aliphatic heterocycles. The van der Waals surface area contributed by atoms with Crippen molar-refractivity contribution in [3.05, 3.63) is 53.3 Å². The fourth-order valence-electron chi connectivity index (χ4n) is 3.52. The average Bonchev–Trinajstić information content (AvgIpc) is 2.65. The van der Waals surface area contributed by atoms with E-state index in [2.05, 4.69) is 22.4 Å². The summed E-state index contributed by atoms with van der Waals surface area (Å²) in [6.45, 7) is 5.50. The number of benzene rings is 1. The smallest absolute Gasteiger partial charge is 0.321 e. The first-order chi connectivity index (χ1) is 12.1. The van der Waals surface area contributed by atoms with Gasteiger partial charge in [-0.3, -0.25) is 4.98 Å². The number of rotatable bonds is 3. The molecule has 5 heteroatoms. The summed E-state index contributed by atoms with van der Waals surface area (Å²) < 4.78 is 5.44. The number of nitrogens with one attached hydrogen (secondary N) is 1. The van der Waals surface area contributed by atoms with Gasteiger partial charge in [-0.25, -0.2) is 4.79 Å². The molecule has 0 aliphatic carbocycles. The maximum Gasteiger partial charge on any atom is 0.321 e. The van der Waals surface area contributed by atoms with E-state index >= 15 is 0 Å². The fourth-order valence-corrected chi connectivity index (χ4v) is 3.52. The van der Waals surface area contributed by atoms with Crippen molar-refractivity contribution < 1.29 is 9.53 Å². The molecule has 0 atom stereocenters. The zero-order chi connectivity index (χ0) is 17.8. The van der Waals surface area contributed by atoms with E-state index in [1.807, 2.05) is 43.3 Å². The van der Waals surface area contributed by atoms with Crippen molar-refractivity contribution in [2.24, 2.45) is 0 Å². The van der Waals surface area contributed by atoms with Crippen LogP contribution in [-0.2, 0) is 0 Å². The number of pyridine rings is 1. The second-order valence-corrected chi connectivity index (χ2v) is 6.56. The van der Waals surface area contributed by atoms with Crippen LogP contribution in [0.25, 0.3) is 0 Å². The van der Waals surface area contributed by atoms with Gasteiger partial charge in [0.25, 0.3) is 0 Å². The van der Waals surface area contributed by atoms with Crippen LogP contribution in [0.3, 0.4) is 0 Å². The number of ether oxygens (including phenoxy) is 1. The Hall–Kier alpha value is -2.56. The first-order valence-corrected chi connectivity index (χ1v) is 8.70. The largest absolute Gasteiger partial charge is 0.496 e. The lowest BCUT2D eigenvalue weighted by Gasteiger charge is -2.32. The second kappa shape index (κ2) is 7.55. The van der Waals surface area contributed by atoms with Gasteiger partial charge in [0.15, 0.2) is 0 Å². The summed E-state index contributed by atoms with van der Waals surface area (Å²) in [7, 11) is 1.66. The minimum atomic E-state index is -0.0396. The van der Waals surface area contributed by atoms with Crippen LogP contribution in [0.5, 0.6) is 5.75 Å². The molecular weight excluding hydrogens is 314 g/mol. The number of urea groups is 1. The van der Waals surface area contributed by atoms with Gasteiger partial charge in [0.05, 0.1) is 7.11 Å². The molecule has 1 N–H and O–H groups in total. The van der Waals surface area contributed by atoms with Gasteiger partial charge < -0.3 is 15.0 Å². The molecule has 2 heterocycles. The SMILES string of the molecule is COc1c(C)ccc(NC(=O)N2CCC(c3ccncc3)CC2)c1C. The molecule has 1 aromatic carbocycles. The normalized spacial score (nSPS) is 15.1. The topological polar surface area (TPSA) is 54.5 Å². The highest BCUT2D eigenvalue weighted by molar-refractivity contribution is 5.90. The molecule has 3 rings (SSSR count). The van der Waals surface area contributed by atoms with Crippen molar-refractivity contribution in [3.63, 3.8) is 0 Å². The Labute approximate surface area is 149 Å². The summed E-state index contributed by atoms with van der Waals surface area (Å²) >= 11 is 0. The number of anilines is 1. The van der Waals surface area contributed by atoms with Gasteiger partial charge >= 0.3 is 6.03 Å². The molecule has 2 amide bonds. The summed E-state index contributed by atoms with van der Waals surface area (Å²) in [4.78, 5) is 18.6. The third-order valence-electron chi connectivity index (χ3n) is 5.01. The zero-order valence-electron chi connectivity index (χ0n) is 15.1. The highest BCUT2D eigenvalue weighted by atomic mass is 16.5. The lowest BCUT2D eigenvalue weighted by atomic mass is 9.90. The fraction of sp³-hybridized carbons (Fsp3) is 0.400. The molecule has 5 nitrogen and oxygen atoms in total. The molecular formula is C20H25N3O2. The predicted octanol–water partition coefficient (Wildman–Crippen LogP) is 4.12. The van der Waals surface area contributed by atoms with E-state index in [0.717, 1.165) is 48.5 Å². The first-order valence-electron chi connectivity index (χ1n) is 8.70. The molecule has 2 aromatic rings. The van der Waals surface area contributed by atoms with Gasteiger partial charge in [-0.05, 0) is 61.9 Å². The van der Waals surface area contributed by atoms with Gasteiger partial charge in [0.1, 0.15) is 5.75 Å². The molecule has 25 heavy (non-hydrogen) atoms. The standard InChI is InChI=1S/C20H25N3O2/c1-14-4-5-18(15(2)19(14)25-3)22-20(24)23-12-8-17(9-13-23)16-6-10-21-11-7-16/h4-7,10-11,17H,8-9,12-13H2,1-3H3,(H,22,24). The van der Waals surface area contributed by atoms with E-state index in [1.54, 1.807) is 7.11 Å². The first kappa shape index (κ1) is 17.3. The highest BCUT2D eigenvalue weighted by Crippen LogP contribution is 2.31. The Morgan fingerprint density at radius 3 is 2.48 bits per heavy atom. The molecule has 0 spiro atoms. The molecule has 0 saturated carbocycles. The van der Waals surface area contributed by atoms with Crippen molar-refractivity contribution >= 4 is 11.7 Å². The second-order valence-electron chi connectivity index (χ2n) is 6.56. The number of carbonyl (C=O) groups excluding carboxylic acids is 1. The number of methoxy groups -OCH3 is 1. The number of aromatic nitrogens is 1. The summed E-state index contributed by atoms with van der Waals surface area (Å²) in [6.07, 6.45) is 5.63. The lowest BCUT2D eigenvalue weighted by molar-refractivity contribution is 0.194. The summed E-state index contributed by atoms with van der Waals surface area (Å²) in [5.41, 5.74) is 4.15. The van der Waals surface area contributed by atoms with Crippen LogP contribution in [0.2, 0.25) is 0 Å². The molecule has 1 fully saturated rings. The quantitative estimate of drug-likeness (QED) is 0.915. The van der Waals surface area contributed by atoms with E-state index in [9.17, 15) is 4.79 Å². The third-order valence-corrected chi connectivity index (χ3v) is 5.01. The van der Waals surface area contributed by atoms with Gasteiger partial charge in [-0.15, -0.1) is 0 Å². The average molecular weight is 339 g/mol. The highest BCUT2D eigenvalue weighted by Gasteiger charge is 2.24. The van der Waals surface area contributed by atoms with Crippen LogP contribution in [0.4, 0.5) is 10.5 Å². The Bertz CT molecular complexity index is 738. The number of aryl methyl sites for hydroxylation is 1. The van der Waals surface area contributed by atoms with Gasteiger partial charge in [-0.2, -0.15) is 0 Å². The maximum absolute atomic E-state index is 12.6. The number of amides is 2. The molecule has 132 valence electrons. The number of likely N-dealkylation sites (tertiary alicyclic amines) is 1. The van der Waals surface area contributed by atoms with Crippen molar-refractivity contribution in [2.75, 3.05) is 25.5 Å². The van der Waals surface area contributed by atoms with E-state index < -0.39 is 0 Å². The number of piperidine rings is 1. The number of nitrogens with zero attached hydrogens (tertiary/aromatic N) is 2. The van der Waals surface area contributed by atoms with Crippen molar-refractivity contribution in [2.45, 2.75) is 32.6 Å². The minimum Gasteiger partial charge on any atom is -0.496 e. The molecule has 0 bridgehead atoms. The molecule has 1 aliphatic rings. The predicted molar refractivity (Wildman–Crippen MR) is 99.3 cm³/mol. The molecule has 1 saturated heterocycles. The Morgan fingerprint density at radius 1 is 1.16 bits per heavy atom. The summed E-state index contributed by atoms with van der Waals surface area (Å²) in [5, 5.41) is 3.03. The van der Waals surface area contributed by atoms with Crippen LogP contribution in [-0.4, -0.2) is 36.1 Å². The van der Waals surface area contributed by atoms with Crippen molar-refractivity contribution in [1.29, 1.82) is 0 Å². The molecule has 0 unspecified atom stereocenters. The van der Waals surface area contributed by atoms with Crippen LogP contribution >= 0.6 is 0 Å². The van der Waals surface area contributed by atoms with Gasteiger partial charge in [-0.1, -0.05) is 6.07 Å². The van der Waals surface area contributed by atoms with Crippen LogP contribution in [0, 0.1) is 13.8 Å². The van der Waals surface area contributed by atoms with E-state index in [4.69, 9.17) is 4.74 Å². The number of hydrogen-bond donors (Lipinski definition) is 1. The van der Waals surface area contributed by atoms with Crippen LogP contribution in [0.15, 0.2) is 36.7 Å². The molecule has 1 aromatic heterocycles. The Kier molecular flexibility index (Phi) is 5.22. The monoisotopic (exact) mass is 339 g/mol. The third kappa shape index (κ3) is 3.76.